The molecule has 14 heavy (non-hydrogen) atoms. The Balaban J connectivity index is 4.04. The molecule has 0 heterocycles. The summed E-state index contributed by atoms with van der Waals surface area (Å²) in [6.45, 7) is 7.49. The molecule has 0 aromatic heterocycles. The normalized spacial score (nSPS) is 15.9. The van der Waals surface area contributed by atoms with Gasteiger partial charge in [-0.3, -0.25) is 0 Å². The zero-order chi connectivity index (χ0) is 11.4. The van der Waals surface area contributed by atoms with Crippen molar-refractivity contribution in [1.82, 2.24) is 5.32 Å². The van der Waals surface area contributed by atoms with E-state index in [1.165, 1.54) is 0 Å². The van der Waals surface area contributed by atoms with Gasteiger partial charge in [-0.1, -0.05) is 0 Å². The van der Waals surface area contributed by atoms with Crippen molar-refractivity contribution in [3.63, 3.8) is 0 Å². The highest BCUT2D eigenvalue weighted by Crippen LogP contribution is 2.06. The number of ether oxygens (including phenoxy) is 1. The topological polar surface area (TPSA) is 90.4 Å². The van der Waals surface area contributed by atoms with Crippen LogP contribution in [0.2, 0.25) is 0 Å². The Morgan fingerprint density at radius 3 is 2.29 bits per heavy atom. The summed E-state index contributed by atoms with van der Waals surface area (Å²) in [7, 11) is 0. The Morgan fingerprint density at radius 1 is 1.50 bits per heavy atom. The van der Waals surface area contributed by atoms with E-state index in [9.17, 15) is 4.79 Å². The first-order valence-electron chi connectivity index (χ1n) is 4.71. The fourth-order valence-corrected chi connectivity index (χ4v) is 0.864. The number of nitrogens with two attached hydrogens (primary N) is 2. The molecule has 5 nitrogen and oxygen atoms in total. The van der Waals surface area contributed by atoms with Crippen LogP contribution in [-0.2, 0) is 4.74 Å². The maximum atomic E-state index is 11.3. The third kappa shape index (κ3) is 5.77. The first-order chi connectivity index (χ1) is 6.26. The van der Waals surface area contributed by atoms with Crippen molar-refractivity contribution in [2.75, 3.05) is 6.54 Å². The van der Waals surface area contributed by atoms with Gasteiger partial charge in [0, 0.05) is 12.6 Å². The predicted octanol–water partition coefficient (Wildman–Crippen LogP) is 0.186. The molecule has 5 heteroatoms. The lowest BCUT2D eigenvalue weighted by molar-refractivity contribution is 0.0500. The van der Waals surface area contributed by atoms with E-state index in [1.807, 2.05) is 0 Å². The van der Waals surface area contributed by atoms with Gasteiger partial charge in [0.2, 0.25) is 0 Å². The van der Waals surface area contributed by atoms with Crippen LogP contribution in [-0.4, -0.2) is 30.3 Å². The quantitative estimate of drug-likeness (QED) is 0.610. The van der Waals surface area contributed by atoms with Crippen LogP contribution in [0.25, 0.3) is 0 Å². The minimum Gasteiger partial charge on any atom is -0.444 e. The molecule has 2 unspecified atom stereocenters. The van der Waals surface area contributed by atoms with Gasteiger partial charge in [0.25, 0.3) is 0 Å². The van der Waals surface area contributed by atoms with Gasteiger partial charge in [-0.25, -0.2) is 4.79 Å². The molecule has 5 N–H and O–H groups in total. The Hall–Kier alpha value is -0.810. The molecular formula is C9H21N3O2. The third-order valence-corrected chi connectivity index (χ3v) is 1.59. The lowest BCUT2D eigenvalue weighted by Crippen LogP contribution is -2.51. The minimum absolute atomic E-state index is 0.187. The molecule has 0 aromatic rings. The first kappa shape index (κ1) is 13.2. The Kier molecular flexibility index (Phi) is 4.87. The highest BCUT2D eigenvalue weighted by Gasteiger charge is 2.20. The number of nitrogens with one attached hydrogen (secondary N) is 1. The SMILES string of the molecule is CC(N)C(CN)NC(=O)OC(C)(C)C. The Bertz CT molecular complexity index is 187. The molecule has 0 bridgehead atoms. The van der Waals surface area contributed by atoms with Crippen molar-refractivity contribution < 1.29 is 9.53 Å². The number of amides is 1. The second kappa shape index (κ2) is 5.17. The third-order valence-electron chi connectivity index (χ3n) is 1.59. The summed E-state index contributed by atoms with van der Waals surface area (Å²) in [4.78, 5) is 11.3. The zero-order valence-corrected chi connectivity index (χ0v) is 9.33. The lowest BCUT2D eigenvalue weighted by Gasteiger charge is -2.24. The Labute approximate surface area is 85.2 Å². The molecule has 0 fully saturated rings. The molecule has 0 rings (SSSR count). The van der Waals surface area contributed by atoms with Gasteiger partial charge in [0.05, 0.1) is 6.04 Å². The van der Waals surface area contributed by atoms with E-state index < -0.39 is 11.7 Å². The molecule has 0 saturated carbocycles. The summed E-state index contributed by atoms with van der Waals surface area (Å²) >= 11 is 0. The standard InChI is InChI=1S/C9H21N3O2/c1-6(11)7(5-10)12-8(13)14-9(2,3)4/h6-7H,5,10-11H2,1-4H3,(H,12,13). The van der Waals surface area contributed by atoms with Gasteiger partial charge in [-0.05, 0) is 27.7 Å². The Morgan fingerprint density at radius 2 is 2.00 bits per heavy atom. The average Bonchev–Trinajstić information content (AvgIpc) is 1.96. The second-order valence-corrected chi connectivity index (χ2v) is 4.35. The number of rotatable bonds is 3. The number of hydrogen-bond donors (Lipinski definition) is 3. The van der Waals surface area contributed by atoms with E-state index in [4.69, 9.17) is 16.2 Å². The summed E-state index contributed by atoms with van der Waals surface area (Å²) < 4.78 is 5.06. The number of carbonyl (C=O) groups is 1. The maximum absolute atomic E-state index is 11.3. The van der Waals surface area contributed by atoms with E-state index in [-0.39, 0.29) is 12.1 Å². The average molecular weight is 203 g/mol. The summed E-state index contributed by atoms with van der Waals surface area (Å²) in [5.41, 5.74) is 10.5. The summed E-state index contributed by atoms with van der Waals surface area (Å²) in [5.74, 6) is 0. The fraction of sp³-hybridized carbons (Fsp3) is 0.889. The molecule has 0 saturated heterocycles. The number of alkyl carbamates (subject to hydrolysis) is 1. The molecule has 0 aromatic carbocycles. The molecule has 2 atom stereocenters. The predicted molar refractivity (Wildman–Crippen MR) is 55.9 cm³/mol. The largest absolute Gasteiger partial charge is 0.444 e. The van der Waals surface area contributed by atoms with Gasteiger partial charge < -0.3 is 21.5 Å². The monoisotopic (exact) mass is 203 g/mol. The van der Waals surface area contributed by atoms with Crippen molar-refractivity contribution in [2.24, 2.45) is 11.5 Å². The van der Waals surface area contributed by atoms with E-state index in [0.717, 1.165) is 0 Å². The van der Waals surface area contributed by atoms with E-state index in [0.29, 0.717) is 6.54 Å². The van der Waals surface area contributed by atoms with E-state index >= 15 is 0 Å². The molecule has 1 amide bonds. The van der Waals surface area contributed by atoms with Crippen LogP contribution in [0.15, 0.2) is 0 Å². The summed E-state index contributed by atoms with van der Waals surface area (Å²) in [5, 5.41) is 2.61. The highest BCUT2D eigenvalue weighted by atomic mass is 16.6. The van der Waals surface area contributed by atoms with Crippen LogP contribution in [0.1, 0.15) is 27.7 Å². The van der Waals surface area contributed by atoms with Crippen LogP contribution in [0.5, 0.6) is 0 Å². The van der Waals surface area contributed by atoms with Gasteiger partial charge in [-0.15, -0.1) is 0 Å². The second-order valence-electron chi connectivity index (χ2n) is 4.35. The number of hydrogen-bond acceptors (Lipinski definition) is 4. The maximum Gasteiger partial charge on any atom is 0.407 e. The van der Waals surface area contributed by atoms with Gasteiger partial charge in [-0.2, -0.15) is 0 Å². The summed E-state index contributed by atoms with van der Waals surface area (Å²) in [6, 6.07) is -0.433. The van der Waals surface area contributed by atoms with Gasteiger partial charge >= 0.3 is 6.09 Å². The van der Waals surface area contributed by atoms with Crippen LogP contribution < -0.4 is 16.8 Å². The van der Waals surface area contributed by atoms with Gasteiger partial charge in [0.1, 0.15) is 5.60 Å². The van der Waals surface area contributed by atoms with Crippen molar-refractivity contribution in [1.29, 1.82) is 0 Å². The molecule has 0 aliphatic carbocycles. The van der Waals surface area contributed by atoms with Crippen LogP contribution in [0.3, 0.4) is 0 Å². The smallest absolute Gasteiger partial charge is 0.407 e. The van der Waals surface area contributed by atoms with Crippen LogP contribution >= 0.6 is 0 Å². The lowest BCUT2D eigenvalue weighted by atomic mass is 10.1. The van der Waals surface area contributed by atoms with Crippen molar-refractivity contribution in [3.8, 4) is 0 Å². The van der Waals surface area contributed by atoms with E-state index in [2.05, 4.69) is 5.32 Å². The summed E-state index contributed by atoms with van der Waals surface area (Å²) in [6.07, 6.45) is -0.481. The molecular weight excluding hydrogens is 182 g/mol. The zero-order valence-electron chi connectivity index (χ0n) is 9.33. The molecule has 0 spiro atoms. The van der Waals surface area contributed by atoms with Crippen LogP contribution in [0, 0.1) is 0 Å². The van der Waals surface area contributed by atoms with Gasteiger partial charge in [0.15, 0.2) is 0 Å². The highest BCUT2D eigenvalue weighted by molar-refractivity contribution is 5.68. The van der Waals surface area contributed by atoms with Crippen LogP contribution in [0.4, 0.5) is 4.79 Å². The van der Waals surface area contributed by atoms with E-state index in [1.54, 1.807) is 27.7 Å². The van der Waals surface area contributed by atoms with Crippen molar-refractivity contribution in [3.05, 3.63) is 0 Å². The minimum atomic E-state index is -0.499. The molecule has 0 aliphatic heterocycles. The first-order valence-corrected chi connectivity index (χ1v) is 4.71. The molecule has 0 aliphatic rings. The molecule has 84 valence electrons. The van der Waals surface area contributed by atoms with Crippen molar-refractivity contribution in [2.45, 2.75) is 45.4 Å². The van der Waals surface area contributed by atoms with Crippen molar-refractivity contribution >= 4 is 6.09 Å². The molecule has 0 radical (unpaired) electrons. The number of carbonyl (C=O) groups excluding carboxylic acids is 1. The fourth-order valence-electron chi connectivity index (χ4n) is 0.864.